The van der Waals surface area contributed by atoms with E-state index in [-0.39, 0.29) is 5.82 Å². The van der Waals surface area contributed by atoms with Crippen LogP contribution in [-0.4, -0.2) is 7.11 Å². The molecule has 0 radical (unpaired) electrons. The molecule has 0 N–H and O–H groups in total. The van der Waals surface area contributed by atoms with Gasteiger partial charge in [-0.15, -0.1) is 11.3 Å². The van der Waals surface area contributed by atoms with Crippen molar-refractivity contribution in [3.8, 4) is 16.9 Å². The van der Waals surface area contributed by atoms with Crippen LogP contribution in [0.1, 0.15) is 22.3 Å². The lowest BCUT2D eigenvalue weighted by molar-refractivity contribution is 0.411. The molecule has 118 valence electrons. The minimum atomic E-state index is -0.309. The van der Waals surface area contributed by atoms with Crippen molar-refractivity contribution in [2.75, 3.05) is 7.11 Å². The van der Waals surface area contributed by atoms with Gasteiger partial charge in [0.2, 0.25) is 0 Å². The zero-order chi connectivity index (χ0) is 17.3. The van der Waals surface area contributed by atoms with E-state index in [1.54, 1.807) is 11.3 Å². The molecule has 23 heavy (non-hydrogen) atoms. The van der Waals surface area contributed by atoms with Crippen LogP contribution in [0.4, 0.5) is 4.39 Å². The highest BCUT2D eigenvalue weighted by atomic mass is 32.1. The predicted octanol–water partition coefficient (Wildman–Crippen LogP) is 5.77. The van der Waals surface area contributed by atoms with Crippen LogP contribution in [0.15, 0.2) is 48.5 Å². The van der Waals surface area contributed by atoms with Crippen LogP contribution >= 0.6 is 11.3 Å². The van der Waals surface area contributed by atoms with Gasteiger partial charge in [-0.05, 0) is 60.7 Å². The number of aryl methyl sites for hydroxylation is 2. The molecule has 3 aromatic rings. The van der Waals surface area contributed by atoms with Gasteiger partial charge in [0.25, 0.3) is 0 Å². The van der Waals surface area contributed by atoms with Crippen LogP contribution in [0.25, 0.3) is 11.1 Å². The summed E-state index contributed by atoms with van der Waals surface area (Å²) in [6.07, 6.45) is 0.752. The summed E-state index contributed by atoms with van der Waals surface area (Å²) in [5, 5.41) is 0. The Morgan fingerprint density at radius 3 is 2.43 bits per heavy atom. The van der Waals surface area contributed by atoms with Crippen molar-refractivity contribution in [3.63, 3.8) is 0 Å². The highest BCUT2D eigenvalue weighted by Gasteiger charge is 2.06. The van der Waals surface area contributed by atoms with Gasteiger partial charge in [-0.3, -0.25) is 0 Å². The van der Waals surface area contributed by atoms with E-state index >= 15 is 0 Å². The van der Waals surface area contributed by atoms with Gasteiger partial charge in [-0.2, -0.15) is 0 Å². The molecule has 1 aromatic heterocycles. The van der Waals surface area contributed by atoms with Crippen LogP contribution in [0.5, 0.6) is 5.75 Å². The average Bonchev–Trinajstić information content (AvgIpc) is 2.81. The van der Waals surface area contributed by atoms with E-state index in [0.717, 1.165) is 33.6 Å². The molecular weight excluding hydrogens is 307 g/mol. The van der Waals surface area contributed by atoms with E-state index in [0.29, 0.717) is 11.8 Å². The molecule has 3 heteroatoms. The number of benzene rings is 2. The van der Waals surface area contributed by atoms with Crippen LogP contribution < -0.4 is 4.74 Å². The molecule has 0 bridgehead atoms. The van der Waals surface area contributed by atoms with Gasteiger partial charge in [0.15, 0.2) is 0 Å². The third-order valence-corrected chi connectivity index (χ3v) is 4.79. The van der Waals surface area contributed by atoms with Crippen molar-refractivity contribution >= 4 is 11.3 Å². The van der Waals surface area contributed by atoms with Gasteiger partial charge in [0, 0.05) is 15.8 Å². The summed E-state index contributed by atoms with van der Waals surface area (Å²) in [4.78, 5) is 2.27. The number of methoxy groups -OCH3 is 1. The zero-order valence-electron chi connectivity index (χ0n) is 14.4. The number of rotatable bonds is 4. The van der Waals surface area contributed by atoms with Crippen molar-refractivity contribution in [3.05, 3.63) is 75.2 Å². The second-order valence-electron chi connectivity index (χ2n) is 5.57. The number of hydrogen-bond donors (Lipinski definition) is 0. The first-order chi connectivity index (χ1) is 11.5. The molecule has 3 rings (SSSR count). The summed E-state index contributed by atoms with van der Waals surface area (Å²) < 4.78 is 27.0. The lowest BCUT2D eigenvalue weighted by Crippen LogP contribution is -1.89. The molecule has 0 fully saturated rings. The van der Waals surface area contributed by atoms with E-state index in [1.165, 1.54) is 24.1 Å². The van der Waals surface area contributed by atoms with Gasteiger partial charge in [-0.25, -0.2) is 4.39 Å². The molecule has 0 atom stereocenters. The molecule has 0 spiro atoms. The van der Waals surface area contributed by atoms with Crippen molar-refractivity contribution < 1.29 is 10.5 Å². The van der Waals surface area contributed by atoms with Crippen molar-refractivity contribution in [2.45, 2.75) is 20.3 Å². The van der Waals surface area contributed by atoms with Crippen LogP contribution in [-0.2, 0) is 6.42 Å². The fraction of sp³-hybridized carbons (Fsp3) is 0.200. The first-order valence-electron chi connectivity index (χ1n) is 7.97. The van der Waals surface area contributed by atoms with Gasteiger partial charge in [-0.1, -0.05) is 24.3 Å². The van der Waals surface area contributed by atoms with E-state index in [4.69, 9.17) is 6.11 Å². The SMILES string of the molecule is [2H]c1c(C)sc(C)c1Cc1ccc(-c2cc(F)cc(OC)c2)cc1. The third-order valence-electron chi connectivity index (χ3n) is 3.83. The maximum Gasteiger partial charge on any atom is 0.127 e. The highest BCUT2D eigenvalue weighted by molar-refractivity contribution is 7.12. The van der Waals surface area contributed by atoms with Gasteiger partial charge >= 0.3 is 0 Å². The van der Waals surface area contributed by atoms with Crippen LogP contribution in [0.3, 0.4) is 0 Å². The maximum absolute atomic E-state index is 13.7. The second kappa shape index (κ2) is 6.55. The van der Waals surface area contributed by atoms with Gasteiger partial charge < -0.3 is 4.74 Å². The van der Waals surface area contributed by atoms with E-state index in [2.05, 4.69) is 6.92 Å². The average molecular weight is 327 g/mol. The summed E-state index contributed by atoms with van der Waals surface area (Å²) in [5.74, 6) is 0.203. The van der Waals surface area contributed by atoms with Crippen LogP contribution in [0.2, 0.25) is 0 Å². The van der Waals surface area contributed by atoms with E-state index in [1.807, 2.05) is 37.3 Å². The summed E-state index contributed by atoms with van der Waals surface area (Å²) in [7, 11) is 1.53. The zero-order valence-corrected chi connectivity index (χ0v) is 14.3. The van der Waals surface area contributed by atoms with Crippen LogP contribution in [0, 0.1) is 19.7 Å². The fourth-order valence-electron chi connectivity index (χ4n) is 2.65. The van der Waals surface area contributed by atoms with Crippen molar-refractivity contribution in [1.29, 1.82) is 0 Å². The van der Waals surface area contributed by atoms with Gasteiger partial charge in [0.05, 0.1) is 8.48 Å². The smallest absolute Gasteiger partial charge is 0.127 e. The Morgan fingerprint density at radius 1 is 1.09 bits per heavy atom. The molecule has 0 saturated carbocycles. The molecule has 0 unspecified atom stereocenters. The Morgan fingerprint density at radius 2 is 1.83 bits per heavy atom. The molecule has 0 aliphatic carbocycles. The number of thiophene rings is 1. The molecular formula is C20H19FOS. The molecule has 0 saturated heterocycles. The lowest BCUT2D eigenvalue weighted by Gasteiger charge is -2.07. The number of halogens is 1. The Hall–Kier alpha value is -2.13. The largest absolute Gasteiger partial charge is 0.497 e. The van der Waals surface area contributed by atoms with Crippen molar-refractivity contribution in [2.24, 2.45) is 0 Å². The Bertz CT molecular complexity index is 868. The fourth-order valence-corrected chi connectivity index (χ4v) is 3.53. The van der Waals surface area contributed by atoms with Gasteiger partial charge in [0.1, 0.15) is 11.6 Å². The Kier molecular flexibility index (Phi) is 4.12. The molecule has 0 amide bonds. The summed E-state index contributed by atoms with van der Waals surface area (Å²) in [6, 6.07) is 13.4. The second-order valence-corrected chi connectivity index (χ2v) is 7.00. The summed E-state index contributed by atoms with van der Waals surface area (Å²) in [6.45, 7) is 4.06. The minimum absolute atomic E-state index is 0.309. The van der Waals surface area contributed by atoms with Crippen molar-refractivity contribution in [1.82, 2.24) is 0 Å². The quantitative estimate of drug-likeness (QED) is 0.591. The normalized spacial score (nSPS) is 11.4. The number of hydrogen-bond acceptors (Lipinski definition) is 2. The topological polar surface area (TPSA) is 9.23 Å². The van der Waals surface area contributed by atoms with E-state index in [9.17, 15) is 4.39 Å². The molecule has 0 aliphatic heterocycles. The molecule has 2 aromatic carbocycles. The minimum Gasteiger partial charge on any atom is -0.497 e. The summed E-state index contributed by atoms with van der Waals surface area (Å²) in [5.41, 5.74) is 3.98. The first kappa shape index (κ1) is 14.5. The third kappa shape index (κ3) is 3.62. The monoisotopic (exact) mass is 327 g/mol. The maximum atomic E-state index is 13.7. The molecule has 0 aliphatic rings. The molecule has 1 nitrogen and oxygen atoms in total. The lowest BCUT2D eigenvalue weighted by atomic mass is 10.0. The summed E-state index contributed by atoms with van der Waals surface area (Å²) >= 11 is 1.68. The molecule has 1 heterocycles. The Balaban J connectivity index is 1.87. The number of ether oxygens (including phenoxy) is 1. The highest BCUT2D eigenvalue weighted by Crippen LogP contribution is 2.27. The predicted molar refractivity (Wildman–Crippen MR) is 95.0 cm³/mol. The standard InChI is InChI=1S/C20H19FOS/c1-13-8-17(14(2)23-13)9-15-4-6-16(7-5-15)18-10-19(21)12-20(11-18)22-3/h4-8,10-12H,9H2,1-3H3/i8D. The van der Waals surface area contributed by atoms with E-state index < -0.39 is 0 Å². The first-order valence-corrected chi connectivity index (χ1v) is 8.29. The Labute approximate surface area is 141 Å².